The number of carbonyl (C=O) groups excluding carboxylic acids is 1. The number of hydrogen-bond acceptors (Lipinski definition) is 3. The van der Waals surface area contributed by atoms with Gasteiger partial charge in [-0.2, -0.15) is 0 Å². The van der Waals surface area contributed by atoms with Gasteiger partial charge in [-0.25, -0.2) is 0 Å². The van der Waals surface area contributed by atoms with E-state index in [1.54, 1.807) is 48.5 Å². The minimum atomic E-state index is -0.790. The van der Waals surface area contributed by atoms with Gasteiger partial charge in [0.15, 0.2) is 5.78 Å². The number of halogens is 1. The topological polar surface area (TPSA) is 63.6 Å². The largest absolute Gasteiger partial charge is 0.490 e. The summed E-state index contributed by atoms with van der Waals surface area (Å²) >= 11 is 6.12. The molecule has 0 aromatic heterocycles. The lowest BCUT2D eigenvalue weighted by molar-refractivity contribution is -0.141. The van der Waals surface area contributed by atoms with Gasteiger partial charge in [0.05, 0.1) is 22.6 Å². The average Bonchev–Trinajstić information content (AvgIpc) is 3.04. The average molecular weight is 345 g/mol. The number of carboxylic acid groups (broad SMARTS) is 1. The maximum atomic E-state index is 12.8. The third-order valence-corrected chi connectivity index (χ3v) is 4.61. The monoisotopic (exact) mass is 344 g/mol. The molecule has 1 fully saturated rings. The molecule has 1 saturated carbocycles. The number of aliphatic carboxylic acids is 1. The summed E-state index contributed by atoms with van der Waals surface area (Å²) in [4.78, 5) is 23.8. The van der Waals surface area contributed by atoms with Gasteiger partial charge in [-0.3, -0.25) is 9.59 Å². The van der Waals surface area contributed by atoms with E-state index in [4.69, 9.17) is 21.4 Å². The lowest BCUT2D eigenvalue weighted by Gasteiger charge is -2.16. The van der Waals surface area contributed by atoms with Crippen LogP contribution in [0, 0.1) is 5.92 Å². The normalized spacial score (nSPS) is 19.9. The number of benzene rings is 2. The van der Waals surface area contributed by atoms with E-state index in [0.717, 1.165) is 0 Å². The molecule has 3 rings (SSSR count). The van der Waals surface area contributed by atoms with E-state index in [1.807, 2.05) is 0 Å². The molecule has 5 heteroatoms. The van der Waals surface area contributed by atoms with Crippen LogP contribution in [0.25, 0.3) is 0 Å². The fraction of sp³-hybridized carbons (Fsp3) is 0.263. The van der Waals surface area contributed by atoms with Crippen LogP contribution in [0.1, 0.15) is 35.2 Å². The minimum Gasteiger partial charge on any atom is -0.490 e. The van der Waals surface area contributed by atoms with E-state index in [-0.39, 0.29) is 17.8 Å². The highest BCUT2D eigenvalue weighted by molar-refractivity contribution is 6.35. The summed E-state index contributed by atoms with van der Waals surface area (Å²) in [5.41, 5.74) is 0.856. The summed E-state index contributed by atoms with van der Waals surface area (Å²) in [5, 5.41) is 9.49. The molecular weight excluding hydrogens is 328 g/mol. The van der Waals surface area contributed by atoms with Gasteiger partial charge in [0, 0.05) is 5.56 Å². The van der Waals surface area contributed by atoms with Crippen LogP contribution in [0.5, 0.6) is 5.75 Å². The zero-order valence-electron chi connectivity index (χ0n) is 12.9. The predicted octanol–water partition coefficient (Wildman–Crippen LogP) is 4.20. The van der Waals surface area contributed by atoms with Crippen LogP contribution in [0.4, 0.5) is 0 Å². The van der Waals surface area contributed by atoms with Crippen LogP contribution in [0.15, 0.2) is 48.5 Å². The molecule has 1 aliphatic carbocycles. The van der Waals surface area contributed by atoms with Gasteiger partial charge in [0.1, 0.15) is 5.75 Å². The molecule has 2 aromatic rings. The Bertz CT molecular complexity index is 771. The molecule has 0 heterocycles. The smallest absolute Gasteiger partial charge is 0.306 e. The lowest BCUT2D eigenvalue weighted by Crippen LogP contribution is -2.17. The van der Waals surface area contributed by atoms with Gasteiger partial charge in [-0.1, -0.05) is 35.9 Å². The van der Waals surface area contributed by atoms with E-state index < -0.39 is 5.97 Å². The van der Waals surface area contributed by atoms with Crippen LogP contribution in [-0.4, -0.2) is 23.0 Å². The van der Waals surface area contributed by atoms with E-state index in [9.17, 15) is 9.59 Å². The van der Waals surface area contributed by atoms with Crippen molar-refractivity contribution in [1.82, 2.24) is 0 Å². The molecule has 124 valence electrons. The van der Waals surface area contributed by atoms with Gasteiger partial charge >= 0.3 is 5.97 Å². The van der Waals surface area contributed by atoms with Crippen molar-refractivity contribution in [3.63, 3.8) is 0 Å². The van der Waals surface area contributed by atoms with E-state index in [0.29, 0.717) is 41.2 Å². The maximum absolute atomic E-state index is 12.8. The van der Waals surface area contributed by atoms with Crippen molar-refractivity contribution in [1.29, 1.82) is 0 Å². The SMILES string of the molecule is O=C(c1ccccc1Cl)c1ccccc1OC1CCC(C(=O)O)C1. The van der Waals surface area contributed by atoms with Gasteiger partial charge in [0.2, 0.25) is 0 Å². The third-order valence-electron chi connectivity index (χ3n) is 4.28. The summed E-state index contributed by atoms with van der Waals surface area (Å²) in [5.74, 6) is -0.898. The molecule has 0 bridgehead atoms. The van der Waals surface area contributed by atoms with Crippen molar-refractivity contribution >= 4 is 23.4 Å². The molecule has 1 N–H and O–H groups in total. The van der Waals surface area contributed by atoms with Crippen molar-refractivity contribution in [2.45, 2.75) is 25.4 Å². The highest BCUT2D eigenvalue weighted by Crippen LogP contribution is 2.32. The zero-order valence-corrected chi connectivity index (χ0v) is 13.7. The van der Waals surface area contributed by atoms with E-state index >= 15 is 0 Å². The second-order valence-electron chi connectivity index (χ2n) is 5.89. The van der Waals surface area contributed by atoms with Gasteiger partial charge in [-0.15, -0.1) is 0 Å². The third kappa shape index (κ3) is 3.44. The first-order chi connectivity index (χ1) is 11.6. The van der Waals surface area contributed by atoms with Crippen molar-refractivity contribution in [2.75, 3.05) is 0 Å². The summed E-state index contributed by atoms with van der Waals surface area (Å²) in [7, 11) is 0. The second-order valence-corrected chi connectivity index (χ2v) is 6.30. The lowest BCUT2D eigenvalue weighted by atomic mass is 10.0. The van der Waals surface area contributed by atoms with Crippen LogP contribution >= 0.6 is 11.6 Å². The molecule has 0 spiro atoms. The van der Waals surface area contributed by atoms with Crippen molar-refractivity contribution in [3.05, 3.63) is 64.7 Å². The first kappa shape index (κ1) is 16.5. The predicted molar refractivity (Wildman–Crippen MR) is 90.7 cm³/mol. The molecule has 0 aliphatic heterocycles. The van der Waals surface area contributed by atoms with Crippen molar-refractivity contribution < 1.29 is 19.4 Å². The summed E-state index contributed by atoms with van der Waals surface area (Å²) < 4.78 is 5.94. The Morgan fingerprint density at radius 2 is 1.67 bits per heavy atom. The Balaban J connectivity index is 1.83. The van der Waals surface area contributed by atoms with Crippen molar-refractivity contribution in [3.8, 4) is 5.75 Å². The van der Waals surface area contributed by atoms with Crippen LogP contribution < -0.4 is 4.74 Å². The number of ketones is 1. The van der Waals surface area contributed by atoms with Gasteiger partial charge < -0.3 is 9.84 Å². The number of carboxylic acids is 1. The highest BCUT2D eigenvalue weighted by atomic mass is 35.5. The molecular formula is C19H17ClO4. The number of ether oxygens (including phenoxy) is 1. The molecule has 0 amide bonds. The first-order valence-electron chi connectivity index (χ1n) is 7.84. The second kappa shape index (κ2) is 7.05. The standard InChI is InChI=1S/C19H17ClO4/c20-16-7-3-1-5-14(16)18(21)15-6-2-4-8-17(15)24-13-10-9-12(11-13)19(22)23/h1-8,12-13H,9-11H2,(H,22,23). The van der Waals surface area contributed by atoms with Crippen LogP contribution in [-0.2, 0) is 4.79 Å². The zero-order chi connectivity index (χ0) is 17.1. The Morgan fingerprint density at radius 1 is 1.00 bits per heavy atom. The fourth-order valence-electron chi connectivity index (χ4n) is 3.00. The summed E-state index contributed by atoms with van der Waals surface area (Å²) in [6.45, 7) is 0. The molecule has 2 atom stereocenters. The van der Waals surface area contributed by atoms with Crippen LogP contribution in [0.2, 0.25) is 5.02 Å². The molecule has 2 unspecified atom stereocenters. The molecule has 0 saturated heterocycles. The molecule has 24 heavy (non-hydrogen) atoms. The quantitative estimate of drug-likeness (QED) is 0.825. The number of hydrogen-bond donors (Lipinski definition) is 1. The Kier molecular flexibility index (Phi) is 4.86. The van der Waals surface area contributed by atoms with E-state index in [1.165, 1.54) is 0 Å². The number of rotatable bonds is 5. The Labute approximate surface area is 145 Å². The van der Waals surface area contributed by atoms with Crippen molar-refractivity contribution in [2.24, 2.45) is 5.92 Å². The van der Waals surface area contributed by atoms with Gasteiger partial charge in [-0.05, 0) is 43.5 Å². The summed E-state index contributed by atoms with van der Waals surface area (Å²) in [6.07, 6.45) is 1.54. The number of carbonyl (C=O) groups is 2. The summed E-state index contributed by atoms with van der Waals surface area (Å²) in [6, 6.07) is 13.9. The molecule has 4 nitrogen and oxygen atoms in total. The fourth-order valence-corrected chi connectivity index (χ4v) is 3.22. The van der Waals surface area contributed by atoms with E-state index in [2.05, 4.69) is 0 Å². The maximum Gasteiger partial charge on any atom is 0.306 e. The Morgan fingerprint density at radius 3 is 2.33 bits per heavy atom. The molecule has 0 radical (unpaired) electrons. The molecule has 2 aromatic carbocycles. The first-order valence-corrected chi connectivity index (χ1v) is 8.21. The molecule has 1 aliphatic rings. The minimum absolute atomic E-state index is 0.189. The number of para-hydroxylation sites is 1. The Hall–Kier alpha value is -2.33. The van der Waals surface area contributed by atoms with Crippen LogP contribution in [0.3, 0.4) is 0 Å². The van der Waals surface area contributed by atoms with Gasteiger partial charge in [0.25, 0.3) is 0 Å². The highest BCUT2D eigenvalue weighted by Gasteiger charge is 2.31.